The number of allylic oxidation sites excluding steroid dienone is 4. The molecule has 0 N–H and O–H groups in total. The summed E-state index contributed by atoms with van der Waals surface area (Å²) in [4.78, 5) is 43.5. The Balaban J connectivity index is 1.20. The van der Waals surface area contributed by atoms with Gasteiger partial charge in [0, 0.05) is 75.7 Å². The van der Waals surface area contributed by atoms with Gasteiger partial charge < -0.3 is 13.9 Å². The van der Waals surface area contributed by atoms with E-state index in [1.54, 1.807) is 14.0 Å². The third kappa shape index (κ3) is 5.39. The molecular formula is C32H37N5O4. The van der Waals surface area contributed by atoms with E-state index in [0.29, 0.717) is 17.8 Å². The molecule has 0 spiro atoms. The van der Waals surface area contributed by atoms with Gasteiger partial charge in [0.1, 0.15) is 0 Å². The van der Waals surface area contributed by atoms with Crippen LogP contribution in [0, 0.1) is 0 Å². The lowest BCUT2D eigenvalue weighted by atomic mass is 9.84. The predicted molar refractivity (Wildman–Crippen MR) is 159 cm³/mol. The van der Waals surface area contributed by atoms with Gasteiger partial charge in [-0.25, -0.2) is 9.36 Å². The minimum absolute atomic E-state index is 0.121. The van der Waals surface area contributed by atoms with Gasteiger partial charge in [-0.15, -0.1) is 0 Å². The second-order valence-electron chi connectivity index (χ2n) is 11.1. The predicted octanol–water partition coefficient (Wildman–Crippen LogP) is 3.71. The third-order valence-corrected chi connectivity index (χ3v) is 8.54. The highest BCUT2D eigenvalue weighted by atomic mass is 16.5. The van der Waals surface area contributed by atoms with Crippen molar-refractivity contribution in [2.24, 2.45) is 7.05 Å². The average Bonchev–Trinajstić information content (AvgIpc) is 3.46. The van der Waals surface area contributed by atoms with Crippen LogP contribution in [0.3, 0.4) is 0 Å². The van der Waals surface area contributed by atoms with Crippen molar-refractivity contribution in [2.45, 2.75) is 45.7 Å². The SMILES string of the molecule is CCOC(=O)n1c2c(n(C)c(=O)c1=O)CCC1=C2C=C(n2ccc(CN3CCN(Cc4ccccc4)CC3)c2)CC1. The molecule has 214 valence electrons. The van der Waals surface area contributed by atoms with Crippen LogP contribution in [0.25, 0.3) is 11.3 Å². The van der Waals surface area contributed by atoms with Crippen molar-refractivity contribution in [3.05, 3.63) is 104 Å². The minimum atomic E-state index is -0.869. The van der Waals surface area contributed by atoms with Crippen molar-refractivity contribution in [3.63, 3.8) is 0 Å². The van der Waals surface area contributed by atoms with Crippen molar-refractivity contribution in [1.29, 1.82) is 0 Å². The van der Waals surface area contributed by atoms with Crippen LogP contribution in [-0.2, 0) is 31.3 Å². The van der Waals surface area contributed by atoms with Crippen molar-refractivity contribution in [3.8, 4) is 0 Å². The second kappa shape index (κ2) is 11.5. The number of hydrogen-bond donors (Lipinski definition) is 0. The number of nitrogens with zero attached hydrogens (tertiary/aromatic N) is 5. The number of benzene rings is 1. The van der Waals surface area contributed by atoms with Gasteiger partial charge >= 0.3 is 17.2 Å². The van der Waals surface area contributed by atoms with Gasteiger partial charge in [-0.05, 0) is 55.9 Å². The first-order valence-electron chi connectivity index (χ1n) is 14.5. The van der Waals surface area contributed by atoms with Crippen LogP contribution in [0.2, 0.25) is 0 Å². The number of carbonyl (C=O) groups excluding carboxylic acids is 1. The molecule has 1 fully saturated rings. The van der Waals surface area contributed by atoms with Gasteiger partial charge in [-0.2, -0.15) is 0 Å². The highest BCUT2D eigenvalue weighted by Crippen LogP contribution is 2.39. The molecule has 0 atom stereocenters. The molecule has 9 nitrogen and oxygen atoms in total. The molecule has 2 aliphatic carbocycles. The highest BCUT2D eigenvalue weighted by Gasteiger charge is 2.30. The molecular weight excluding hydrogens is 518 g/mol. The van der Waals surface area contributed by atoms with Crippen LogP contribution in [-0.4, -0.2) is 62.4 Å². The molecule has 1 saturated heterocycles. The maximum absolute atomic E-state index is 13.0. The molecule has 0 radical (unpaired) electrons. The Labute approximate surface area is 239 Å². The van der Waals surface area contributed by atoms with Gasteiger partial charge in [0.2, 0.25) is 0 Å². The van der Waals surface area contributed by atoms with E-state index in [-0.39, 0.29) is 6.61 Å². The number of piperazine rings is 1. The first kappa shape index (κ1) is 27.2. The van der Waals surface area contributed by atoms with Crippen molar-refractivity contribution >= 4 is 17.4 Å². The number of carbonyl (C=O) groups is 1. The number of rotatable bonds is 6. The fourth-order valence-corrected chi connectivity index (χ4v) is 6.32. The summed E-state index contributed by atoms with van der Waals surface area (Å²) in [6.45, 7) is 7.91. The molecule has 3 aromatic rings. The molecule has 3 heterocycles. The Morgan fingerprint density at radius 1 is 0.854 bits per heavy atom. The van der Waals surface area contributed by atoms with Crippen LogP contribution in [0.1, 0.15) is 48.7 Å². The van der Waals surface area contributed by atoms with Gasteiger partial charge in [0.25, 0.3) is 0 Å². The van der Waals surface area contributed by atoms with Crippen LogP contribution >= 0.6 is 0 Å². The zero-order valence-electron chi connectivity index (χ0n) is 23.8. The molecule has 6 rings (SSSR count). The van der Waals surface area contributed by atoms with Crippen LogP contribution in [0.15, 0.2) is 70.0 Å². The van der Waals surface area contributed by atoms with E-state index in [1.165, 1.54) is 21.3 Å². The topological polar surface area (TPSA) is 81.7 Å². The summed E-state index contributed by atoms with van der Waals surface area (Å²) < 4.78 is 9.70. The number of aromatic nitrogens is 3. The Morgan fingerprint density at radius 2 is 1.54 bits per heavy atom. The number of ether oxygens (including phenoxy) is 1. The van der Waals surface area contributed by atoms with E-state index < -0.39 is 17.2 Å². The van der Waals surface area contributed by atoms with Gasteiger partial charge in [-0.1, -0.05) is 35.9 Å². The van der Waals surface area contributed by atoms with Crippen LogP contribution in [0.4, 0.5) is 4.79 Å². The minimum Gasteiger partial charge on any atom is -0.449 e. The van der Waals surface area contributed by atoms with E-state index >= 15 is 0 Å². The van der Waals surface area contributed by atoms with Gasteiger partial charge in [-0.3, -0.25) is 19.4 Å². The third-order valence-electron chi connectivity index (χ3n) is 8.54. The average molecular weight is 556 g/mol. The summed E-state index contributed by atoms with van der Waals surface area (Å²) in [5.41, 5.74) is 5.40. The van der Waals surface area contributed by atoms with Crippen molar-refractivity contribution < 1.29 is 9.53 Å². The molecule has 0 saturated carbocycles. The second-order valence-corrected chi connectivity index (χ2v) is 11.1. The molecule has 0 unspecified atom stereocenters. The summed E-state index contributed by atoms with van der Waals surface area (Å²) in [6.07, 6.45) is 8.70. The fourth-order valence-electron chi connectivity index (χ4n) is 6.32. The van der Waals surface area contributed by atoms with E-state index in [2.05, 4.69) is 69.2 Å². The van der Waals surface area contributed by atoms with Gasteiger partial charge in [0.05, 0.1) is 12.3 Å². The quantitative estimate of drug-likeness (QED) is 0.432. The van der Waals surface area contributed by atoms with Crippen LogP contribution < -0.4 is 11.1 Å². The maximum Gasteiger partial charge on any atom is 0.421 e. The smallest absolute Gasteiger partial charge is 0.421 e. The maximum atomic E-state index is 13.0. The summed E-state index contributed by atoms with van der Waals surface area (Å²) in [6, 6.07) is 12.8. The molecule has 2 aromatic heterocycles. The number of fused-ring (bicyclic) bond motifs is 2. The Morgan fingerprint density at radius 3 is 2.24 bits per heavy atom. The van der Waals surface area contributed by atoms with E-state index in [4.69, 9.17) is 4.74 Å². The molecule has 1 aromatic carbocycles. The Hall–Kier alpha value is -3.95. The van der Waals surface area contributed by atoms with E-state index in [1.807, 2.05) is 0 Å². The lowest BCUT2D eigenvalue weighted by Gasteiger charge is -2.34. The van der Waals surface area contributed by atoms with E-state index in [9.17, 15) is 14.4 Å². The van der Waals surface area contributed by atoms with E-state index in [0.717, 1.165) is 74.4 Å². The molecule has 0 amide bonds. The first-order valence-corrected chi connectivity index (χ1v) is 14.5. The summed E-state index contributed by atoms with van der Waals surface area (Å²) in [7, 11) is 1.61. The zero-order chi connectivity index (χ0) is 28.5. The lowest BCUT2D eigenvalue weighted by molar-refractivity contribution is 0.122. The first-order chi connectivity index (χ1) is 19.9. The Bertz CT molecular complexity index is 1630. The molecule has 1 aliphatic heterocycles. The largest absolute Gasteiger partial charge is 0.449 e. The fraction of sp³-hybridized carbons (Fsp3) is 0.406. The summed E-state index contributed by atoms with van der Waals surface area (Å²) >= 11 is 0. The van der Waals surface area contributed by atoms with Gasteiger partial charge in [0.15, 0.2) is 0 Å². The highest BCUT2D eigenvalue weighted by molar-refractivity contribution is 5.88. The summed E-state index contributed by atoms with van der Waals surface area (Å²) in [5, 5.41) is 0. The molecule has 0 bridgehead atoms. The molecule has 3 aliphatic rings. The summed E-state index contributed by atoms with van der Waals surface area (Å²) in [5.74, 6) is 0. The molecule has 9 heteroatoms. The zero-order valence-corrected chi connectivity index (χ0v) is 23.8. The lowest BCUT2D eigenvalue weighted by Crippen LogP contribution is -2.47. The van der Waals surface area contributed by atoms with Crippen molar-refractivity contribution in [1.82, 2.24) is 23.5 Å². The normalized spacial score (nSPS) is 17.7. The molecule has 41 heavy (non-hydrogen) atoms. The Kier molecular flexibility index (Phi) is 7.64. The standard InChI is InChI=1S/C32H37N5O4/c1-3-41-32(40)37-29-27-19-26(11-9-25(27)10-12-28(29)33(2)30(38)31(37)39)36-14-13-24(22-36)21-35-17-15-34(16-18-35)20-23-7-5-4-6-8-23/h4-8,13-14,19,22H,3,9-12,15-18,20-21H2,1-2H3. The van der Waals surface area contributed by atoms with Crippen LogP contribution in [0.5, 0.6) is 0 Å². The number of hydrogen-bond acceptors (Lipinski definition) is 6. The monoisotopic (exact) mass is 555 g/mol. The van der Waals surface area contributed by atoms with Crippen molar-refractivity contribution in [2.75, 3.05) is 32.8 Å².